The fourth-order valence-corrected chi connectivity index (χ4v) is 2.80. The van der Waals surface area contributed by atoms with Gasteiger partial charge in [0.15, 0.2) is 5.82 Å². The van der Waals surface area contributed by atoms with Crippen LogP contribution in [0.2, 0.25) is 0 Å². The number of hydrogen-bond donors (Lipinski definition) is 1. The van der Waals surface area contributed by atoms with Gasteiger partial charge in [-0.3, -0.25) is 0 Å². The summed E-state index contributed by atoms with van der Waals surface area (Å²) in [7, 11) is 1.64. The van der Waals surface area contributed by atoms with E-state index >= 15 is 0 Å². The Morgan fingerprint density at radius 2 is 2.11 bits per heavy atom. The zero-order chi connectivity index (χ0) is 13.4. The molecule has 0 radical (unpaired) electrons. The van der Waals surface area contributed by atoms with Gasteiger partial charge in [-0.15, -0.1) is 0 Å². The molecule has 0 spiro atoms. The van der Waals surface area contributed by atoms with Crippen LogP contribution in [0.4, 0.5) is 5.82 Å². The Balaban J connectivity index is 2.17. The number of nitrogens with zero attached hydrogens (tertiary/aromatic N) is 2. The van der Waals surface area contributed by atoms with E-state index in [4.69, 9.17) is 10.5 Å². The highest BCUT2D eigenvalue weighted by atomic mass is 79.9. The number of rotatable bonds is 2. The summed E-state index contributed by atoms with van der Waals surface area (Å²) in [5.41, 5.74) is 9.08. The number of aryl methyl sites for hydroxylation is 1. The van der Waals surface area contributed by atoms with Crippen molar-refractivity contribution in [2.45, 2.75) is 19.3 Å². The molecule has 1 aliphatic rings. The van der Waals surface area contributed by atoms with Gasteiger partial charge in [0.25, 0.3) is 0 Å². The summed E-state index contributed by atoms with van der Waals surface area (Å²) in [5, 5.41) is 0. The van der Waals surface area contributed by atoms with Crippen molar-refractivity contribution in [3.05, 3.63) is 33.9 Å². The lowest BCUT2D eigenvalue weighted by atomic mass is 10.1. The number of methoxy groups -OCH3 is 1. The van der Waals surface area contributed by atoms with E-state index in [0.29, 0.717) is 11.6 Å². The third kappa shape index (κ3) is 2.18. The normalized spacial score (nSPS) is 13.4. The molecule has 1 heterocycles. The van der Waals surface area contributed by atoms with Crippen LogP contribution in [0.15, 0.2) is 22.7 Å². The third-order valence-electron chi connectivity index (χ3n) is 3.37. The lowest BCUT2D eigenvalue weighted by molar-refractivity contribution is 0.416. The molecule has 3 rings (SSSR count). The highest BCUT2D eigenvalue weighted by Gasteiger charge is 2.19. The minimum atomic E-state index is 0.597. The van der Waals surface area contributed by atoms with E-state index in [1.165, 1.54) is 0 Å². The standard InChI is InChI=1S/C14H14BrN3O/c1-19-12-6-5-8(15)7-10(12)14-17-11-4-2-3-9(11)13(16)18-14/h5-7H,2-4H2,1H3,(H2,16,17,18). The van der Waals surface area contributed by atoms with Crippen LogP contribution in [-0.2, 0) is 12.8 Å². The van der Waals surface area contributed by atoms with Crippen molar-refractivity contribution in [2.75, 3.05) is 12.8 Å². The summed E-state index contributed by atoms with van der Waals surface area (Å²) < 4.78 is 6.34. The topological polar surface area (TPSA) is 61.0 Å². The maximum Gasteiger partial charge on any atom is 0.165 e. The largest absolute Gasteiger partial charge is 0.496 e. The SMILES string of the molecule is COc1ccc(Br)cc1-c1nc(N)c2c(n1)CCC2. The summed E-state index contributed by atoms with van der Waals surface area (Å²) >= 11 is 3.46. The summed E-state index contributed by atoms with van der Waals surface area (Å²) in [6.45, 7) is 0. The van der Waals surface area contributed by atoms with Gasteiger partial charge in [-0.2, -0.15) is 0 Å². The molecule has 1 aliphatic carbocycles. The van der Waals surface area contributed by atoms with E-state index in [9.17, 15) is 0 Å². The molecule has 0 fully saturated rings. The molecular weight excluding hydrogens is 306 g/mol. The average molecular weight is 320 g/mol. The lowest BCUT2D eigenvalue weighted by Crippen LogP contribution is -2.03. The van der Waals surface area contributed by atoms with E-state index in [0.717, 1.165) is 46.3 Å². The van der Waals surface area contributed by atoms with Crippen molar-refractivity contribution in [3.8, 4) is 17.1 Å². The van der Waals surface area contributed by atoms with Gasteiger partial charge in [0, 0.05) is 15.7 Å². The fraction of sp³-hybridized carbons (Fsp3) is 0.286. The molecule has 0 bridgehead atoms. The molecular formula is C14H14BrN3O. The van der Waals surface area contributed by atoms with Crippen LogP contribution in [-0.4, -0.2) is 17.1 Å². The minimum absolute atomic E-state index is 0.597. The number of nitrogen functional groups attached to an aromatic ring is 1. The second-order valence-corrected chi connectivity index (χ2v) is 5.47. The molecule has 0 unspecified atom stereocenters. The molecule has 2 aromatic rings. The van der Waals surface area contributed by atoms with Crippen LogP contribution >= 0.6 is 15.9 Å². The quantitative estimate of drug-likeness (QED) is 0.924. The molecule has 1 aromatic carbocycles. The van der Waals surface area contributed by atoms with Crippen LogP contribution in [0.25, 0.3) is 11.4 Å². The summed E-state index contributed by atoms with van der Waals surface area (Å²) in [6.07, 6.45) is 3.07. The predicted molar refractivity (Wildman–Crippen MR) is 78.2 cm³/mol. The van der Waals surface area contributed by atoms with E-state index in [-0.39, 0.29) is 0 Å². The van der Waals surface area contributed by atoms with Crippen LogP contribution in [0.3, 0.4) is 0 Å². The van der Waals surface area contributed by atoms with Gasteiger partial charge in [-0.05, 0) is 37.5 Å². The maximum absolute atomic E-state index is 6.04. The molecule has 2 N–H and O–H groups in total. The molecule has 98 valence electrons. The van der Waals surface area contributed by atoms with Crippen LogP contribution < -0.4 is 10.5 Å². The smallest absolute Gasteiger partial charge is 0.165 e. The van der Waals surface area contributed by atoms with Crippen molar-refractivity contribution >= 4 is 21.7 Å². The molecule has 1 aromatic heterocycles. The number of benzene rings is 1. The number of aromatic nitrogens is 2. The molecule has 5 heteroatoms. The first-order chi connectivity index (χ1) is 9.19. The zero-order valence-corrected chi connectivity index (χ0v) is 12.2. The lowest BCUT2D eigenvalue weighted by Gasteiger charge is -2.10. The number of nitrogens with two attached hydrogens (primary N) is 1. The average Bonchev–Trinajstić information content (AvgIpc) is 2.87. The number of hydrogen-bond acceptors (Lipinski definition) is 4. The number of halogens is 1. The van der Waals surface area contributed by atoms with Gasteiger partial charge in [0.05, 0.1) is 12.7 Å². The second kappa shape index (κ2) is 4.81. The van der Waals surface area contributed by atoms with Crippen LogP contribution in [0.1, 0.15) is 17.7 Å². The van der Waals surface area contributed by atoms with Gasteiger partial charge in [0.2, 0.25) is 0 Å². The highest BCUT2D eigenvalue weighted by Crippen LogP contribution is 2.33. The highest BCUT2D eigenvalue weighted by molar-refractivity contribution is 9.10. The van der Waals surface area contributed by atoms with Crippen molar-refractivity contribution in [2.24, 2.45) is 0 Å². The Hall–Kier alpha value is -1.62. The van der Waals surface area contributed by atoms with Crippen LogP contribution in [0.5, 0.6) is 5.75 Å². The Kier molecular flexibility index (Phi) is 3.14. The van der Waals surface area contributed by atoms with Gasteiger partial charge in [-0.1, -0.05) is 15.9 Å². The molecule has 19 heavy (non-hydrogen) atoms. The van der Waals surface area contributed by atoms with E-state index in [1.54, 1.807) is 7.11 Å². The predicted octanol–water partition coefficient (Wildman–Crippen LogP) is 2.99. The van der Waals surface area contributed by atoms with Crippen molar-refractivity contribution in [1.82, 2.24) is 9.97 Å². The van der Waals surface area contributed by atoms with E-state index < -0.39 is 0 Å². The molecule has 0 atom stereocenters. The Bertz CT molecular complexity index is 643. The van der Waals surface area contributed by atoms with Crippen molar-refractivity contribution < 1.29 is 4.74 Å². The monoisotopic (exact) mass is 319 g/mol. The van der Waals surface area contributed by atoms with Gasteiger partial charge < -0.3 is 10.5 Å². The summed E-state index contributed by atoms with van der Waals surface area (Å²) in [6, 6.07) is 5.78. The number of fused-ring (bicyclic) bond motifs is 1. The fourth-order valence-electron chi connectivity index (χ4n) is 2.44. The van der Waals surface area contributed by atoms with Crippen molar-refractivity contribution in [3.63, 3.8) is 0 Å². The Morgan fingerprint density at radius 1 is 1.26 bits per heavy atom. The molecule has 0 saturated heterocycles. The summed E-state index contributed by atoms with van der Waals surface area (Å²) in [5.74, 6) is 1.98. The maximum atomic E-state index is 6.04. The second-order valence-electron chi connectivity index (χ2n) is 4.56. The first kappa shape index (κ1) is 12.4. The molecule has 0 amide bonds. The number of anilines is 1. The first-order valence-electron chi connectivity index (χ1n) is 6.18. The van der Waals surface area contributed by atoms with Gasteiger partial charge in [-0.25, -0.2) is 9.97 Å². The van der Waals surface area contributed by atoms with Crippen LogP contribution in [0, 0.1) is 0 Å². The minimum Gasteiger partial charge on any atom is -0.496 e. The molecule has 0 saturated carbocycles. The molecule has 4 nitrogen and oxygen atoms in total. The Labute approximate surface area is 120 Å². The van der Waals surface area contributed by atoms with Gasteiger partial charge in [0.1, 0.15) is 11.6 Å². The number of ether oxygens (including phenoxy) is 1. The van der Waals surface area contributed by atoms with E-state index in [1.807, 2.05) is 18.2 Å². The van der Waals surface area contributed by atoms with Gasteiger partial charge >= 0.3 is 0 Å². The first-order valence-corrected chi connectivity index (χ1v) is 6.97. The Morgan fingerprint density at radius 3 is 2.89 bits per heavy atom. The zero-order valence-electron chi connectivity index (χ0n) is 10.6. The van der Waals surface area contributed by atoms with E-state index in [2.05, 4.69) is 25.9 Å². The van der Waals surface area contributed by atoms with Crippen molar-refractivity contribution in [1.29, 1.82) is 0 Å². The molecule has 0 aliphatic heterocycles. The third-order valence-corrected chi connectivity index (χ3v) is 3.86. The summed E-state index contributed by atoms with van der Waals surface area (Å²) in [4.78, 5) is 9.07.